The highest BCUT2D eigenvalue weighted by Gasteiger charge is 2.20. The van der Waals surface area contributed by atoms with E-state index in [1.807, 2.05) is 0 Å². The second-order valence-electron chi connectivity index (χ2n) is 6.66. The molecule has 4 N–H and O–H groups in total. The number of aromatic nitrogens is 4. The highest BCUT2D eigenvalue weighted by Crippen LogP contribution is 2.23. The SMILES string of the molecule is CC(O)CNc1nc2c(c(=O)[nH]c(=O)n2C)n1CC(O)COc1ccccc1Cl. The number of imidazole rings is 1. The molecular formula is C18H22ClN5O5. The van der Waals surface area contributed by atoms with E-state index in [9.17, 15) is 19.8 Å². The molecule has 3 aromatic rings. The maximum atomic E-state index is 12.4. The van der Waals surface area contributed by atoms with Crippen molar-refractivity contribution >= 4 is 28.7 Å². The molecule has 10 nitrogen and oxygen atoms in total. The number of benzene rings is 1. The van der Waals surface area contributed by atoms with Gasteiger partial charge in [-0.25, -0.2) is 4.79 Å². The van der Waals surface area contributed by atoms with Crippen molar-refractivity contribution in [3.05, 3.63) is 50.1 Å². The Morgan fingerprint density at radius 3 is 2.72 bits per heavy atom. The van der Waals surface area contributed by atoms with Crippen molar-refractivity contribution in [2.24, 2.45) is 7.05 Å². The molecule has 0 radical (unpaired) electrons. The van der Waals surface area contributed by atoms with Crippen LogP contribution in [0.2, 0.25) is 5.02 Å². The third-order valence-electron chi connectivity index (χ3n) is 4.22. The predicted molar refractivity (Wildman–Crippen MR) is 109 cm³/mol. The second kappa shape index (κ2) is 8.68. The fourth-order valence-electron chi connectivity index (χ4n) is 2.80. The number of aliphatic hydroxyl groups excluding tert-OH is 2. The summed E-state index contributed by atoms with van der Waals surface area (Å²) in [5.74, 6) is 0.667. The van der Waals surface area contributed by atoms with Gasteiger partial charge in [-0.2, -0.15) is 4.98 Å². The van der Waals surface area contributed by atoms with Crippen LogP contribution in [0.15, 0.2) is 33.9 Å². The van der Waals surface area contributed by atoms with Crippen molar-refractivity contribution in [1.82, 2.24) is 19.1 Å². The molecule has 2 atom stereocenters. The van der Waals surface area contributed by atoms with Gasteiger partial charge in [0.2, 0.25) is 5.95 Å². The molecule has 1 aromatic carbocycles. The van der Waals surface area contributed by atoms with Crippen LogP contribution in [0.1, 0.15) is 6.92 Å². The highest BCUT2D eigenvalue weighted by atomic mass is 35.5. The summed E-state index contributed by atoms with van der Waals surface area (Å²) in [6.07, 6.45) is -1.67. The van der Waals surface area contributed by atoms with E-state index in [0.717, 1.165) is 0 Å². The lowest BCUT2D eigenvalue weighted by Crippen LogP contribution is -2.31. The number of nitrogens with zero attached hydrogens (tertiary/aromatic N) is 3. The third kappa shape index (κ3) is 4.61. The summed E-state index contributed by atoms with van der Waals surface area (Å²) in [4.78, 5) is 30.8. The number of fused-ring (bicyclic) bond motifs is 1. The number of nitrogens with one attached hydrogen (secondary N) is 2. The fourth-order valence-corrected chi connectivity index (χ4v) is 2.99. The maximum Gasteiger partial charge on any atom is 0.329 e. The van der Waals surface area contributed by atoms with Gasteiger partial charge in [0, 0.05) is 13.6 Å². The molecule has 0 saturated heterocycles. The first kappa shape index (κ1) is 20.9. The lowest BCUT2D eigenvalue weighted by molar-refractivity contribution is 0.0938. The topological polar surface area (TPSA) is 134 Å². The summed E-state index contributed by atoms with van der Waals surface area (Å²) in [6, 6.07) is 6.87. The van der Waals surface area contributed by atoms with E-state index in [2.05, 4.69) is 15.3 Å². The quantitative estimate of drug-likeness (QED) is 0.409. The van der Waals surface area contributed by atoms with Crippen molar-refractivity contribution in [3.8, 4) is 5.75 Å². The number of anilines is 1. The lowest BCUT2D eigenvalue weighted by atomic mass is 10.3. The minimum absolute atomic E-state index is 0.0373. The molecule has 0 aliphatic carbocycles. The molecule has 2 aromatic heterocycles. The Balaban J connectivity index is 1.90. The largest absolute Gasteiger partial charge is 0.489 e. The zero-order valence-corrected chi connectivity index (χ0v) is 16.7. The van der Waals surface area contributed by atoms with E-state index in [4.69, 9.17) is 16.3 Å². The van der Waals surface area contributed by atoms with Crippen molar-refractivity contribution in [1.29, 1.82) is 0 Å². The van der Waals surface area contributed by atoms with Gasteiger partial charge in [0.05, 0.1) is 17.7 Å². The van der Waals surface area contributed by atoms with Crippen LogP contribution in [0.3, 0.4) is 0 Å². The fraction of sp³-hybridized carbons (Fsp3) is 0.389. The minimum atomic E-state index is -1.01. The minimum Gasteiger partial charge on any atom is -0.489 e. The molecule has 0 spiro atoms. The highest BCUT2D eigenvalue weighted by molar-refractivity contribution is 6.32. The van der Waals surface area contributed by atoms with Gasteiger partial charge in [-0.05, 0) is 19.1 Å². The lowest BCUT2D eigenvalue weighted by Gasteiger charge is -2.16. The number of hydrogen-bond donors (Lipinski definition) is 4. The molecule has 0 bridgehead atoms. The molecule has 156 valence electrons. The van der Waals surface area contributed by atoms with E-state index in [-0.39, 0.29) is 36.8 Å². The average molecular weight is 424 g/mol. The second-order valence-corrected chi connectivity index (χ2v) is 7.07. The van der Waals surface area contributed by atoms with Crippen molar-refractivity contribution < 1.29 is 14.9 Å². The molecule has 2 heterocycles. The zero-order valence-electron chi connectivity index (χ0n) is 15.9. The van der Waals surface area contributed by atoms with E-state index in [1.165, 1.54) is 16.2 Å². The van der Waals surface area contributed by atoms with Crippen molar-refractivity contribution in [2.45, 2.75) is 25.7 Å². The van der Waals surface area contributed by atoms with Gasteiger partial charge in [-0.1, -0.05) is 23.7 Å². The molecule has 0 aliphatic rings. The average Bonchev–Trinajstić information content (AvgIpc) is 3.03. The Labute approximate surface area is 170 Å². The molecule has 3 rings (SSSR count). The molecule has 0 amide bonds. The van der Waals surface area contributed by atoms with Crippen LogP contribution in [0.4, 0.5) is 5.95 Å². The monoisotopic (exact) mass is 423 g/mol. The van der Waals surface area contributed by atoms with Gasteiger partial charge >= 0.3 is 5.69 Å². The molecular weight excluding hydrogens is 402 g/mol. The molecule has 11 heteroatoms. The third-order valence-corrected chi connectivity index (χ3v) is 4.54. The number of ether oxygens (including phenoxy) is 1. The van der Waals surface area contributed by atoms with Gasteiger partial charge < -0.3 is 24.8 Å². The van der Waals surface area contributed by atoms with Crippen molar-refractivity contribution in [3.63, 3.8) is 0 Å². The standard InChI is InChI=1S/C18H22ClN5O5/c1-10(25)7-20-17-21-15-14(16(27)22-18(28)23(15)2)24(17)8-11(26)9-29-13-6-4-3-5-12(13)19/h3-6,10-11,25-26H,7-9H2,1-2H3,(H,20,21)(H,22,27,28). The van der Waals surface area contributed by atoms with Crippen LogP contribution in [-0.4, -0.2) is 54.7 Å². The van der Waals surface area contributed by atoms with Crippen LogP contribution >= 0.6 is 11.6 Å². The molecule has 29 heavy (non-hydrogen) atoms. The Kier molecular flexibility index (Phi) is 6.26. The summed E-state index contributed by atoms with van der Waals surface area (Å²) < 4.78 is 8.21. The number of H-pyrrole nitrogens is 1. The van der Waals surface area contributed by atoms with Gasteiger partial charge in [0.25, 0.3) is 5.56 Å². The van der Waals surface area contributed by atoms with Gasteiger partial charge in [0.1, 0.15) is 18.5 Å². The maximum absolute atomic E-state index is 12.4. The summed E-state index contributed by atoms with van der Waals surface area (Å²) in [7, 11) is 1.48. The first-order valence-electron chi connectivity index (χ1n) is 8.94. The first-order valence-corrected chi connectivity index (χ1v) is 9.32. The Bertz CT molecular complexity index is 1120. The number of hydrogen-bond acceptors (Lipinski definition) is 7. The molecule has 0 aliphatic heterocycles. The van der Waals surface area contributed by atoms with E-state index >= 15 is 0 Å². The summed E-state index contributed by atoms with van der Waals surface area (Å²) in [5, 5.41) is 23.4. The van der Waals surface area contributed by atoms with Crippen LogP contribution in [0, 0.1) is 0 Å². The summed E-state index contributed by atoms with van der Waals surface area (Å²) >= 11 is 6.04. The van der Waals surface area contributed by atoms with Crippen LogP contribution < -0.4 is 21.3 Å². The van der Waals surface area contributed by atoms with Gasteiger partial charge in [0.15, 0.2) is 11.2 Å². The van der Waals surface area contributed by atoms with Crippen LogP contribution in [-0.2, 0) is 13.6 Å². The molecule has 2 unspecified atom stereocenters. The number of halogens is 1. The number of rotatable bonds is 8. The van der Waals surface area contributed by atoms with Gasteiger partial charge in [-0.15, -0.1) is 0 Å². The number of para-hydroxylation sites is 1. The Morgan fingerprint density at radius 1 is 1.31 bits per heavy atom. The smallest absolute Gasteiger partial charge is 0.329 e. The van der Waals surface area contributed by atoms with E-state index in [1.54, 1.807) is 31.2 Å². The predicted octanol–water partition coefficient (Wildman–Crippen LogP) is 0.309. The Hall–Kier alpha value is -2.82. The van der Waals surface area contributed by atoms with E-state index in [0.29, 0.717) is 10.8 Å². The van der Waals surface area contributed by atoms with E-state index < -0.39 is 23.5 Å². The summed E-state index contributed by atoms with van der Waals surface area (Å²) in [5.41, 5.74) is -0.945. The molecule has 0 fully saturated rings. The number of aryl methyl sites for hydroxylation is 1. The van der Waals surface area contributed by atoms with Gasteiger partial charge in [-0.3, -0.25) is 14.3 Å². The normalized spacial score (nSPS) is 13.4. The first-order chi connectivity index (χ1) is 13.8. The number of aromatic amines is 1. The van der Waals surface area contributed by atoms with Crippen molar-refractivity contribution in [2.75, 3.05) is 18.5 Å². The molecule has 0 saturated carbocycles. The zero-order chi connectivity index (χ0) is 21.1. The number of aliphatic hydroxyl groups is 2. The Morgan fingerprint density at radius 2 is 2.03 bits per heavy atom. The summed E-state index contributed by atoms with van der Waals surface area (Å²) in [6.45, 7) is 1.64. The van der Waals surface area contributed by atoms with Crippen LogP contribution in [0.5, 0.6) is 5.75 Å². The van der Waals surface area contributed by atoms with Crippen LogP contribution in [0.25, 0.3) is 11.2 Å².